The van der Waals surface area contributed by atoms with Crippen LogP contribution in [0, 0.1) is 28.3 Å². The number of rotatable bonds is 4. The van der Waals surface area contributed by atoms with Gasteiger partial charge in [0.1, 0.15) is 17.3 Å². The van der Waals surface area contributed by atoms with Gasteiger partial charge < -0.3 is 25.4 Å². The number of anilines is 1. The molecule has 8 nitrogen and oxygen atoms in total. The largest absolute Gasteiger partial charge is 0.389 e. The highest BCUT2D eigenvalue weighted by Gasteiger charge is 2.75. The van der Waals surface area contributed by atoms with Crippen molar-refractivity contribution in [1.29, 1.82) is 0 Å². The van der Waals surface area contributed by atoms with Crippen LogP contribution < -0.4 is 10.6 Å². The maximum atomic E-state index is 13.3. The second kappa shape index (κ2) is 7.55. The van der Waals surface area contributed by atoms with Crippen LogP contribution in [0.25, 0.3) is 11.2 Å². The van der Waals surface area contributed by atoms with E-state index in [1.165, 1.54) is 13.1 Å². The molecule has 10 heteroatoms. The van der Waals surface area contributed by atoms with E-state index in [0.717, 1.165) is 17.0 Å². The van der Waals surface area contributed by atoms with Gasteiger partial charge in [0, 0.05) is 19.5 Å². The Morgan fingerprint density at radius 1 is 1.41 bits per heavy atom. The maximum absolute atomic E-state index is 13.3. The summed E-state index contributed by atoms with van der Waals surface area (Å²) in [6.07, 6.45) is -0.224. The summed E-state index contributed by atoms with van der Waals surface area (Å²) < 4.78 is 15.0. The number of nitrogens with one attached hydrogen (secondary N) is 2. The topological polar surface area (TPSA) is 112 Å². The average molecular weight is 456 g/mol. The van der Waals surface area contributed by atoms with Crippen molar-refractivity contribution in [3.05, 3.63) is 40.2 Å². The number of nitrogens with zero attached hydrogens (tertiary/aromatic N) is 3. The summed E-state index contributed by atoms with van der Waals surface area (Å²) >= 11 is 0.961. The van der Waals surface area contributed by atoms with Crippen LogP contribution in [0.15, 0.2) is 24.5 Å². The monoisotopic (exact) mass is 455 g/mol. The van der Waals surface area contributed by atoms with Crippen molar-refractivity contribution >= 4 is 34.1 Å². The Balaban J connectivity index is 1.59. The Morgan fingerprint density at radius 2 is 2.22 bits per heavy atom. The molecule has 2 saturated carbocycles. The number of aromatic nitrogens is 3. The summed E-state index contributed by atoms with van der Waals surface area (Å²) in [5.74, 6) is 5.41. The molecule has 2 fully saturated rings. The molecule has 1 amide bonds. The number of carbonyl (C=O) groups is 1. The number of imidazole rings is 1. The lowest BCUT2D eigenvalue weighted by molar-refractivity contribution is -0.132. The lowest BCUT2D eigenvalue weighted by Gasteiger charge is -2.23. The van der Waals surface area contributed by atoms with E-state index in [0.29, 0.717) is 34.7 Å². The predicted octanol–water partition coefficient (Wildman–Crippen LogP) is 1.49. The highest BCUT2D eigenvalue weighted by Crippen LogP contribution is 2.67. The zero-order valence-electron chi connectivity index (χ0n) is 17.5. The van der Waals surface area contributed by atoms with Gasteiger partial charge in [0.15, 0.2) is 10.8 Å². The van der Waals surface area contributed by atoms with Gasteiger partial charge in [-0.15, -0.1) is 0 Å². The molecule has 3 aromatic rings. The molecule has 2 aliphatic carbocycles. The minimum atomic E-state index is -1.17. The second-order valence-electron chi connectivity index (χ2n) is 8.12. The SMILES string of the molecule is CCNc1cc(C#Cc2ccc(F)s2)nc2c1ncn2[C@H]1[C@H](O)[C@H](O)[C@]2(C(=O)NC)C[C@H]12. The molecule has 0 unspecified atom stereocenters. The summed E-state index contributed by atoms with van der Waals surface area (Å²) in [6.45, 7) is 2.62. The van der Waals surface area contributed by atoms with Gasteiger partial charge in [0.2, 0.25) is 5.91 Å². The van der Waals surface area contributed by atoms with Crippen molar-refractivity contribution in [2.45, 2.75) is 31.6 Å². The lowest BCUT2D eigenvalue weighted by Crippen LogP contribution is -2.41. The van der Waals surface area contributed by atoms with Gasteiger partial charge in [-0.1, -0.05) is 11.3 Å². The van der Waals surface area contributed by atoms with Crippen molar-refractivity contribution in [2.24, 2.45) is 11.3 Å². The third kappa shape index (κ3) is 3.00. The molecule has 2 aliphatic rings. The standard InChI is InChI=1S/C22H22FN5O3S/c1-3-25-14-8-11(4-5-12-6-7-15(23)32-12)27-20-16(14)26-10-28(20)17-13-9-22(13,21(31)24-2)19(30)18(17)29/h6-8,10,13,17-19,29-30H,3,9H2,1-2H3,(H,24,31)(H,25,27)/t13-,17-,18+,19+,22+/m1/s1. The molecule has 0 spiro atoms. The van der Waals surface area contributed by atoms with Crippen LogP contribution in [0.1, 0.15) is 30.0 Å². The fourth-order valence-electron chi connectivity index (χ4n) is 4.91. The number of halogens is 1. The fourth-order valence-corrected chi connectivity index (χ4v) is 5.49. The number of aliphatic hydroxyl groups excluding tert-OH is 2. The summed E-state index contributed by atoms with van der Waals surface area (Å²) in [5, 5.41) is 27.0. The van der Waals surface area contributed by atoms with E-state index < -0.39 is 23.7 Å². The predicted molar refractivity (Wildman–Crippen MR) is 118 cm³/mol. The maximum Gasteiger partial charge on any atom is 0.229 e. The van der Waals surface area contributed by atoms with Crippen LogP contribution in [0.4, 0.5) is 10.1 Å². The zero-order chi connectivity index (χ0) is 22.6. The molecule has 5 atom stereocenters. The smallest absolute Gasteiger partial charge is 0.229 e. The number of amides is 1. The van der Waals surface area contributed by atoms with Crippen LogP contribution in [-0.4, -0.2) is 56.5 Å². The minimum Gasteiger partial charge on any atom is -0.389 e. The first-order valence-electron chi connectivity index (χ1n) is 10.4. The van der Waals surface area contributed by atoms with E-state index in [-0.39, 0.29) is 17.0 Å². The molecular formula is C22H22FN5O3S. The van der Waals surface area contributed by atoms with Gasteiger partial charge >= 0.3 is 0 Å². The first-order chi connectivity index (χ1) is 15.4. The van der Waals surface area contributed by atoms with Crippen LogP contribution in [0.3, 0.4) is 0 Å². The Morgan fingerprint density at radius 3 is 2.91 bits per heavy atom. The van der Waals surface area contributed by atoms with E-state index in [1.807, 2.05) is 6.92 Å². The molecule has 5 rings (SSSR count). The summed E-state index contributed by atoms with van der Waals surface area (Å²) in [7, 11) is 1.53. The highest BCUT2D eigenvalue weighted by atomic mass is 32.1. The molecule has 0 aliphatic heterocycles. The first-order valence-corrected chi connectivity index (χ1v) is 11.2. The van der Waals surface area contributed by atoms with Crippen LogP contribution in [-0.2, 0) is 4.79 Å². The van der Waals surface area contributed by atoms with Crippen molar-refractivity contribution in [1.82, 2.24) is 19.9 Å². The molecule has 3 aromatic heterocycles. The zero-order valence-corrected chi connectivity index (χ0v) is 18.3. The number of hydrogen-bond acceptors (Lipinski definition) is 7. The number of carbonyl (C=O) groups excluding carboxylic acids is 1. The first kappa shape index (κ1) is 20.9. The minimum absolute atomic E-state index is 0.224. The Labute approximate surface area is 187 Å². The van der Waals surface area contributed by atoms with Gasteiger partial charge in [-0.2, -0.15) is 4.39 Å². The molecule has 0 radical (unpaired) electrons. The molecule has 0 bridgehead atoms. The molecular weight excluding hydrogens is 433 g/mol. The van der Waals surface area contributed by atoms with Crippen LogP contribution in [0.5, 0.6) is 0 Å². The van der Waals surface area contributed by atoms with E-state index in [4.69, 9.17) is 0 Å². The molecule has 0 aromatic carbocycles. The number of fused-ring (bicyclic) bond motifs is 2. The van der Waals surface area contributed by atoms with E-state index in [1.54, 1.807) is 23.0 Å². The van der Waals surface area contributed by atoms with E-state index >= 15 is 0 Å². The van der Waals surface area contributed by atoms with Crippen LogP contribution in [0.2, 0.25) is 0 Å². The van der Waals surface area contributed by atoms with Crippen molar-refractivity contribution in [2.75, 3.05) is 18.9 Å². The quantitative estimate of drug-likeness (QED) is 0.444. The molecule has 4 N–H and O–H groups in total. The van der Waals surface area contributed by atoms with Crippen molar-refractivity contribution < 1.29 is 19.4 Å². The summed E-state index contributed by atoms with van der Waals surface area (Å²) in [4.78, 5) is 22.2. The van der Waals surface area contributed by atoms with Gasteiger partial charge in [0.05, 0.1) is 34.5 Å². The van der Waals surface area contributed by atoms with E-state index in [2.05, 4.69) is 32.4 Å². The Bertz CT molecular complexity index is 1280. The normalized spacial score (nSPS) is 28.2. The number of thiophene rings is 1. The van der Waals surface area contributed by atoms with Crippen LogP contribution >= 0.6 is 11.3 Å². The number of hydrogen-bond donors (Lipinski definition) is 4. The number of pyridine rings is 1. The molecule has 0 saturated heterocycles. The Kier molecular flexibility index (Phi) is 4.93. The summed E-state index contributed by atoms with van der Waals surface area (Å²) in [5.41, 5.74) is 1.32. The van der Waals surface area contributed by atoms with Gasteiger partial charge in [-0.05, 0) is 43.4 Å². The van der Waals surface area contributed by atoms with Gasteiger partial charge in [0.25, 0.3) is 0 Å². The average Bonchev–Trinajstić information content (AvgIpc) is 3.03. The lowest BCUT2D eigenvalue weighted by atomic mass is 9.98. The van der Waals surface area contributed by atoms with Gasteiger partial charge in [-0.25, -0.2) is 9.97 Å². The van der Waals surface area contributed by atoms with E-state index in [9.17, 15) is 19.4 Å². The molecule has 32 heavy (non-hydrogen) atoms. The van der Waals surface area contributed by atoms with Gasteiger partial charge in [-0.3, -0.25) is 4.79 Å². The molecule has 166 valence electrons. The van der Waals surface area contributed by atoms with Crippen molar-refractivity contribution in [3.63, 3.8) is 0 Å². The Hall–Kier alpha value is -3.00. The number of aliphatic hydroxyl groups is 2. The third-order valence-electron chi connectivity index (χ3n) is 6.43. The third-order valence-corrected chi connectivity index (χ3v) is 7.22. The fraction of sp³-hybridized carbons (Fsp3) is 0.409. The van der Waals surface area contributed by atoms with Crippen molar-refractivity contribution in [3.8, 4) is 11.8 Å². The second-order valence-corrected chi connectivity index (χ2v) is 9.15. The summed E-state index contributed by atoms with van der Waals surface area (Å²) in [6, 6.07) is 4.23. The highest BCUT2D eigenvalue weighted by molar-refractivity contribution is 7.10. The molecule has 3 heterocycles.